The molecule has 0 fully saturated rings. The average molecular weight is 156 g/mol. The van der Waals surface area contributed by atoms with Crippen LogP contribution in [0.2, 0.25) is 6.55 Å². The van der Waals surface area contributed by atoms with Crippen molar-refractivity contribution in [3.8, 4) is 0 Å². The zero-order valence-electron chi connectivity index (χ0n) is 6.60. The summed E-state index contributed by atoms with van der Waals surface area (Å²) in [6.07, 6.45) is 0. The summed E-state index contributed by atoms with van der Waals surface area (Å²) in [7, 11) is -2.39. The number of carbonyl (C=O) groups excluding carboxylic acids is 2. The van der Waals surface area contributed by atoms with Crippen molar-refractivity contribution in [3.05, 3.63) is 12.3 Å². The van der Waals surface area contributed by atoms with E-state index in [9.17, 15) is 9.59 Å². The van der Waals surface area contributed by atoms with Crippen LogP contribution in [0.15, 0.2) is 12.3 Å². The Morgan fingerprint density at radius 3 is 1.60 bits per heavy atom. The SMILES string of the molecule is C=C[Si](C)(C(C)=O)C(C)=O. The second kappa shape index (κ2) is 2.92. The number of rotatable bonds is 3. The van der Waals surface area contributed by atoms with Gasteiger partial charge < -0.3 is 9.59 Å². The van der Waals surface area contributed by atoms with Crippen LogP contribution in [0.25, 0.3) is 0 Å². The van der Waals surface area contributed by atoms with Crippen molar-refractivity contribution < 1.29 is 9.59 Å². The van der Waals surface area contributed by atoms with Gasteiger partial charge in [-0.2, -0.15) is 0 Å². The van der Waals surface area contributed by atoms with Crippen LogP contribution in [0.3, 0.4) is 0 Å². The smallest absolute Gasteiger partial charge is 0.226 e. The molecule has 10 heavy (non-hydrogen) atoms. The second-order valence-corrected chi connectivity index (χ2v) is 6.74. The highest BCUT2D eigenvalue weighted by Gasteiger charge is 2.34. The molecule has 3 heteroatoms. The Balaban J connectivity index is 4.72. The van der Waals surface area contributed by atoms with E-state index in [-0.39, 0.29) is 10.8 Å². The van der Waals surface area contributed by atoms with Gasteiger partial charge in [-0.25, -0.2) is 0 Å². The summed E-state index contributed by atoms with van der Waals surface area (Å²) in [5.74, 6) is 0. The first-order chi connectivity index (χ1) is 4.45. The van der Waals surface area contributed by atoms with Gasteiger partial charge in [0.05, 0.1) is 0 Å². The Bertz CT molecular complexity index is 170. The summed E-state index contributed by atoms with van der Waals surface area (Å²) in [6.45, 7) is 8.12. The largest absolute Gasteiger partial charge is 0.305 e. The van der Waals surface area contributed by atoms with Crippen molar-refractivity contribution in [3.63, 3.8) is 0 Å². The molecule has 0 unspecified atom stereocenters. The highest BCUT2D eigenvalue weighted by Crippen LogP contribution is 2.05. The van der Waals surface area contributed by atoms with Crippen LogP contribution in [0.4, 0.5) is 0 Å². The lowest BCUT2D eigenvalue weighted by molar-refractivity contribution is -0.114. The third-order valence-electron chi connectivity index (χ3n) is 1.87. The molecule has 0 aliphatic rings. The minimum atomic E-state index is -2.39. The molecular formula is C7H12O2Si. The molecule has 0 rings (SSSR count). The molecule has 0 amide bonds. The summed E-state index contributed by atoms with van der Waals surface area (Å²) < 4.78 is 0. The fraction of sp³-hybridized carbons (Fsp3) is 0.429. The first kappa shape index (κ1) is 9.30. The van der Waals surface area contributed by atoms with Gasteiger partial charge in [0.2, 0.25) is 8.07 Å². The van der Waals surface area contributed by atoms with E-state index in [4.69, 9.17) is 0 Å². The van der Waals surface area contributed by atoms with Crippen molar-refractivity contribution in [2.75, 3.05) is 0 Å². The Kier molecular flexibility index (Phi) is 2.72. The summed E-state index contributed by atoms with van der Waals surface area (Å²) in [5.41, 5.74) is 1.53. The van der Waals surface area contributed by atoms with Gasteiger partial charge in [0, 0.05) is 0 Å². The molecule has 0 heterocycles. The van der Waals surface area contributed by atoms with Gasteiger partial charge in [0.1, 0.15) is 10.8 Å². The lowest BCUT2D eigenvalue weighted by Crippen LogP contribution is -2.45. The molecule has 0 bridgehead atoms. The average Bonchev–Trinajstić information content (AvgIpc) is 1.85. The van der Waals surface area contributed by atoms with Gasteiger partial charge in [-0.05, 0) is 13.8 Å². The van der Waals surface area contributed by atoms with Crippen LogP contribution in [0, 0.1) is 0 Å². The molecule has 2 nitrogen and oxygen atoms in total. The summed E-state index contributed by atoms with van der Waals surface area (Å²) in [4.78, 5) is 21.8. The van der Waals surface area contributed by atoms with E-state index in [2.05, 4.69) is 6.58 Å². The summed E-state index contributed by atoms with van der Waals surface area (Å²) >= 11 is 0. The van der Waals surface area contributed by atoms with Crippen LogP contribution in [0.5, 0.6) is 0 Å². The van der Waals surface area contributed by atoms with Crippen molar-refractivity contribution in [1.82, 2.24) is 0 Å². The molecule has 0 aliphatic heterocycles. The molecule has 0 saturated carbocycles. The fourth-order valence-corrected chi connectivity index (χ4v) is 1.61. The van der Waals surface area contributed by atoms with E-state index in [0.29, 0.717) is 0 Å². The lowest BCUT2D eigenvalue weighted by atomic mass is 10.9. The van der Waals surface area contributed by atoms with Crippen molar-refractivity contribution in [2.45, 2.75) is 20.4 Å². The predicted octanol–water partition coefficient (Wildman–Crippen LogP) is 1.05. The van der Waals surface area contributed by atoms with E-state index in [0.717, 1.165) is 0 Å². The van der Waals surface area contributed by atoms with Crippen molar-refractivity contribution >= 4 is 18.9 Å². The quantitative estimate of drug-likeness (QED) is 0.572. The van der Waals surface area contributed by atoms with Crippen molar-refractivity contribution in [1.29, 1.82) is 0 Å². The van der Waals surface area contributed by atoms with Crippen molar-refractivity contribution in [2.24, 2.45) is 0 Å². The van der Waals surface area contributed by atoms with Gasteiger partial charge in [0.15, 0.2) is 0 Å². The topological polar surface area (TPSA) is 34.1 Å². The first-order valence-corrected chi connectivity index (χ1v) is 5.68. The third kappa shape index (κ3) is 1.42. The number of hydrogen-bond donors (Lipinski definition) is 0. The van der Waals surface area contributed by atoms with Gasteiger partial charge in [-0.15, -0.1) is 6.58 Å². The molecule has 0 aromatic heterocycles. The molecule has 0 N–H and O–H groups in total. The van der Waals surface area contributed by atoms with E-state index < -0.39 is 8.07 Å². The summed E-state index contributed by atoms with van der Waals surface area (Å²) in [5, 5.41) is -0.0370. The maximum absolute atomic E-state index is 10.9. The Labute approximate surface area is 61.9 Å². The molecular weight excluding hydrogens is 144 g/mol. The van der Waals surface area contributed by atoms with Crippen LogP contribution >= 0.6 is 0 Å². The van der Waals surface area contributed by atoms with Gasteiger partial charge >= 0.3 is 0 Å². The number of carbonyl (C=O) groups is 2. The maximum atomic E-state index is 10.9. The number of hydrogen-bond acceptors (Lipinski definition) is 2. The maximum Gasteiger partial charge on any atom is 0.226 e. The Hall–Kier alpha value is -0.703. The molecule has 0 aliphatic carbocycles. The Morgan fingerprint density at radius 2 is 1.60 bits per heavy atom. The lowest BCUT2D eigenvalue weighted by Gasteiger charge is -2.13. The molecule has 0 aromatic carbocycles. The molecule has 0 atom stereocenters. The van der Waals surface area contributed by atoms with Gasteiger partial charge in [0.25, 0.3) is 0 Å². The predicted molar refractivity (Wildman–Crippen MR) is 43.2 cm³/mol. The second-order valence-electron chi connectivity index (χ2n) is 2.52. The third-order valence-corrected chi connectivity index (χ3v) is 5.61. The Morgan fingerprint density at radius 1 is 1.30 bits per heavy atom. The molecule has 0 aromatic rings. The summed E-state index contributed by atoms with van der Waals surface area (Å²) in [6, 6.07) is 0. The van der Waals surface area contributed by atoms with E-state index in [1.807, 2.05) is 0 Å². The van der Waals surface area contributed by atoms with Gasteiger partial charge in [-0.3, -0.25) is 0 Å². The van der Waals surface area contributed by atoms with E-state index in [1.165, 1.54) is 19.5 Å². The molecule has 56 valence electrons. The molecule has 0 radical (unpaired) electrons. The normalized spacial score (nSPS) is 10.7. The minimum absolute atomic E-state index is 0.0185. The van der Waals surface area contributed by atoms with E-state index >= 15 is 0 Å². The van der Waals surface area contributed by atoms with E-state index in [1.54, 1.807) is 6.55 Å². The molecule has 0 saturated heterocycles. The molecule has 0 spiro atoms. The standard InChI is InChI=1S/C7H12O2Si/c1-5-10(4,6(2)8)7(3)9/h5H,1H2,2-4H3. The highest BCUT2D eigenvalue weighted by molar-refractivity contribution is 7.26. The fourth-order valence-electron chi connectivity index (χ4n) is 0.535. The van der Waals surface area contributed by atoms with Crippen LogP contribution in [-0.4, -0.2) is 18.9 Å². The van der Waals surface area contributed by atoms with Crippen LogP contribution in [-0.2, 0) is 9.59 Å². The monoisotopic (exact) mass is 156 g/mol. The zero-order valence-corrected chi connectivity index (χ0v) is 7.60. The van der Waals surface area contributed by atoms with Crippen LogP contribution < -0.4 is 0 Å². The highest BCUT2D eigenvalue weighted by atomic mass is 28.3. The zero-order chi connectivity index (χ0) is 8.36. The van der Waals surface area contributed by atoms with Gasteiger partial charge in [-0.1, -0.05) is 12.2 Å². The first-order valence-electron chi connectivity index (χ1n) is 3.11. The van der Waals surface area contributed by atoms with Crippen LogP contribution in [0.1, 0.15) is 13.8 Å². The minimum Gasteiger partial charge on any atom is -0.305 e.